The van der Waals surface area contributed by atoms with E-state index in [1.165, 1.54) is 37.7 Å². The van der Waals surface area contributed by atoms with Crippen LogP contribution in [0.2, 0.25) is 5.02 Å². The molecular weight excluding hydrogens is 478 g/mol. The molecule has 0 spiro atoms. The van der Waals surface area contributed by atoms with Crippen molar-refractivity contribution in [1.82, 2.24) is 4.90 Å². The van der Waals surface area contributed by atoms with Crippen LogP contribution in [0, 0.1) is 5.92 Å². The van der Waals surface area contributed by atoms with E-state index in [0.717, 1.165) is 11.6 Å². The number of likely N-dealkylation sites (N-methyl/N-ethyl adjacent to an activating group) is 1. The number of benzene rings is 1. The maximum atomic E-state index is 10.3. The van der Waals surface area contributed by atoms with Crippen LogP contribution >= 0.6 is 11.6 Å². The molecule has 0 aliphatic heterocycles. The first kappa shape index (κ1) is 30.8. The smallest absolute Gasteiger partial charge is 0.336 e. The Morgan fingerprint density at radius 1 is 1.09 bits per heavy atom. The van der Waals surface area contributed by atoms with Gasteiger partial charge in [-0.05, 0) is 57.0 Å². The number of halogens is 1. The number of nitrogens with zero attached hydrogens (tertiary/aromatic N) is 1. The molecule has 1 fully saturated rings. The molecule has 4 N–H and O–H groups in total. The maximum absolute atomic E-state index is 10.3. The van der Waals surface area contributed by atoms with E-state index < -0.39 is 36.4 Å². The number of ether oxygens (including phenoxy) is 1. The summed E-state index contributed by atoms with van der Waals surface area (Å²) in [6.07, 6.45) is 3.97. The molecule has 0 radical (unpaired) electrons. The van der Waals surface area contributed by atoms with Crippen LogP contribution in [-0.4, -0.2) is 82.7 Å². The molecule has 0 saturated heterocycles. The Morgan fingerprint density at radius 3 is 1.91 bits per heavy atom. The molecule has 0 bridgehead atoms. The van der Waals surface area contributed by atoms with Crippen molar-refractivity contribution in [3.05, 3.63) is 34.9 Å². The summed E-state index contributed by atoms with van der Waals surface area (Å²) in [5.74, 6) is -4.39. The minimum absolute atomic E-state index is 0.287. The Labute approximate surface area is 211 Å². The molecule has 9 nitrogen and oxygen atoms in total. The van der Waals surface area contributed by atoms with E-state index in [4.69, 9.17) is 36.8 Å². The number of rotatable bonds is 13. The Bertz CT molecular complexity index is 822. The molecule has 0 amide bonds. The van der Waals surface area contributed by atoms with Gasteiger partial charge >= 0.3 is 17.9 Å². The maximum Gasteiger partial charge on any atom is 0.336 e. The van der Waals surface area contributed by atoms with Crippen LogP contribution in [0.5, 0.6) is 0 Å². The molecule has 1 aliphatic carbocycles. The summed E-state index contributed by atoms with van der Waals surface area (Å²) in [5.41, 5.74) is -0.999. The Kier molecular flexibility index (Phi) is 12.1. The molecular formula is C25H38ClNO8. The minimum Gasteiger partial charge on any atom is -0.481 e. The first-order valence-electron chi connectivity index (χ1n) is 11.6. The van der Waals surface area contributed by atoms with E-state index in [0.29, 0.717) is 12.0 Å². The van der Waals surface area contributed by atoms with Gasteiger partial charge < -0.3 is 30.1 Å². The lowest BCUT2D eigenvalue weighted by Gasteiger charge is -2.52. The first-order valence-corrected chi connectivity index (χ1v) is 12.0. The lowest BCUT2D eigenvalue weighted by atomic mass is 9.58. The number of hydrogen-bond donors (Lipinski definition) is 4. The quantitative estimate of drug-likeness (QED) is 0.310. The highest BCUT2D eigenvalue weighted by Crippen LogP contribution is 2.49. The van der Waals surface area contributed by atoms with Crippen molar-refractivity contribution in [3.63, 3.8) is 0 Å². The van der Waals surface area contributed by atoms with Gasteiger partial charge in [0.05, 0.1) is 12.8 Å². The predicted octanol–water partition coefficient (Wildman–Crippen LogP) is 3.51. The summed E-state index contributed by atoms with van der Waals surface area (Å²) in [7, 11) is 6.26. The molecule has 2 unspecified atom stereocenters. The second-order valence-corrected chi connectivity index (χ2v) is 9.88. The average molecular weight is 516 g/mol. The molecule has 10 heteroatoms. The summed E-state index contributed by atoms with van der Waals surface area (Å²) in [6.45, 7) is 3.13. The molecule has 2 rings (SSSR count). The summed E-state index contributed by atoms with van der Waals surface area (Å²) in [6, 6.07) is 9.10. The van der Waals surface area contributed by atoms with Gasteiger partial charge in [0.15, 0.2) is 5.60 Å². The number of carbonyl (C=O) groups is 3. The molecule has 1 aromatic rings. The SMILES string of the molecule is CCC(COC)CC(N(C)C)C1(c2ccc(Cl)cc2)CCC1.O=C(O)CC(O)(CC(=O)O)C(=O)O. The minimum atomic E-state index is -2.74. The number of aliphatic hydroxyl groups is 1. The number of carboxylic acid groups (broad SMARTS) is 3. The molecule has 1 saturated carbocycles. The molecule has 198 valence electrons. The third-order valence-electron chi connectivity index (χ3n) is 6.75. The van der Waals surface area contributed by atoms with Gasteiger partial charge in [0.2, 0.25) is 0 Å². The van der Waals surface area contributed by atoms with Crippen LogP contribution in [0.15, 0.2) is 24.3 Å². The zero-order valence-corrected chi connectivity index (χ0v) is 21.6. The molecule has 0 heterocycles. The van der Waals surface area contributed by atoms with Crippen LogP contribution in [-0.2, 0) is 24.5 Å². The Balaban J connectivity index is 0.000000405. The van der Waals surface area contributed by atoms with Gasteiger partial charge in [0.25, 0.3) is 0 Å². The number of methoxy groups -OCH3 is 1. The highest BCUT2D eigenvalue weighted by molar-refractivity contribution is 6.30. The zero-order chi connectivity index (χ0) is 26.8. The van der Waals surface area contributed by atoms with Crippen LogP contribution in [0.1, 0.15) is 57.4 Å². The third kappa shape index (κ3) is 8.75. The number of aliphatic carboxylic acids is 3. The summed E-state index contributed by atoms with van der Waals surface area (Å²) in [5, 5.41) is 34.6. The van der Waals surface area contributed by atoms with E-state index in [9.17, 15) is 14.4 Å². The topological polar surface area (TPSA) is 145 Å². The van der Waals surface area contributed by atoms with E-state index in [1.54, 1.807) is 0 Å². The van der Waals surface area contributed by atoms with Crippen molar-refractivity contribution in [2.45, 2.75) is 68.9 Å². The standard InChI is InChI=1S/C19H30ClNO.C6H8O7/c1-5-15(14-22-4)13-18(21(2)3)19(11-6-12-19)16-7-9-17(20)10-8-16;7-3(8)1-6(13,5(11)12)2-4(9)10/h7-10,15,18H,5-6,11-14H2,1-4H3;13H,1-2H2,(H,7,8)(H,9,10)(H,11,12). The van der Waals surface area contributed by atoms with Gasteiger partial charge in [-0.15, -0.1) is 0 Å². The van der Waals surface area contributed by atoms with Crippen molar-refractivity contribution in [1.29, 1.82) is 0 Å². The molecule has 0 aromatic heterocycles. The average Bonchev–Trinajstić information content (AvgIpc) is 2.71. The van der Waals surface area contributed by atoms with Crippen molar-refractivity contribution in [2.24, 2.45) is 5.92 Å². The number of hydrogen-bond acceptors (Lipinski definition) is 6. The highest BCUT2D eigenvalue weighted by Gasteiger charge is 2.46. The van der Waals surface area contributed by atoms with Crippen LogP contribution in [0.4, 0.5) is 0 Å². The van der Waals surface area contributed by atoms with Gasteiger partial charge in [0, 0.05) is 30.2 Å². The van der Waals surface area contributed by atoms with Gasteiger partial charge in [-0.1, -0.05) is 43.5 Å². The molecule has 35 heavy (non-hydrogen) atoms. The first-order chi connectivity index (χ1) is 16.3. The van der Waals surface area contributed by atoms with E-state index in [2.05, 4.69) is 38.1 Å². The molecule has 1 aromatic carbocycles. The normalized spacial score (nSPS) is 16.4. The van der Waals surface area contributed by atoms with Crippen molar-refractivity contribution >= 4 is 29.5 Å². The second kappa shape index (κ2) is 13.8. The highest BCUT2D eigenvalue weighted by atomic mass is 35.5. The summed E-state index contributed by atoms with van der Waals surface area (Å²) in [4.78, 5) is 32.9. The predicted molar refractivity (Wildman–Crippen MR) is 132 cm³/mol. The molecule has 2 atom stereocenters. The zero-order valence-electron chi connectivity index (χ0n) is 20.9. The van der Waals surface area contributed by atoms with Gasteiger partial charge in [-0.25, -0.2) is 4.79 Å². The molecule has 1 aliphatic rings. The van der Waals surface area contributed by atoms with Gasteiger partial charge in [0.1, 0.15) is 0 Å². The summed E-state index contributed by atoms with van der Waals surface area (Å²) < 4.78 is 5.43. The fourth-order valence-corrected chi connectivity index (χ4v) is 4.83. The van der Waals surface area contributed by atoms with Crippen LogP contribution < -0.4 is 0 Å². The van der Waals surface area contributed by atoms with Gasteiger partial charge in [-0.3, -0.25) is 9.59 Å². The van der Waals surface area contributed by atoms with Crippen molar-refractivity contribution < 1.29 is 39.5 Å². The van der Waals surface area contributed by atoms with E-state index >= 15 is 0 Å². The number of carboxylic acids is 3. The van der Waals surface area contributed by atoms with Gasteiger partial charge in [-0.2, -0.15) is 0 Å². The monoisotopic (exact) mass is 515 g/mol. The largest absolute Gasteiger partial charge is 0.481 e. The van der Waals surface area contributed by atoms with Crippen LogP contribution in [0.25, 0.3) is 0 Å². The fourth-order valence-electron chi connectivity index (χ4n) is 4.70. The lowest BCUT2D eigenvalue weighted by molar-refractivity contribution is -0.170. The Morgan fingerprint density at radius 2 is 1.60 bits per heavy atom. The third-order valence-corrected chi connectivity index (χ3v) is 7.00. The summed E-state index contributed by atoms with van der Waals surface area (Å²) >= 11 is 6.09. The fraction of sp³-hybridized carbons (Fsp3) is 0.640. The Hall–Kier alpha value is -2.20. The van der Waals surface area contributed by atoms with Crippen LogP contribution in [0.3, 0.4) is 0 Å². The second-order valence-electron chi connectivity index (χ2n) is 9.44. The van der Waals surface area contributed by atoms with E-state index in [-0.39, 0.29) is 5.41 Å². The van der Waals surface area contributed by atoms with E-state index in [1.807, 2.05) is 19.2 Å². The lowest BCUT2D eigenvalue weighted by Crippen LogP contribution is -2.53. The van der Waals surface area contributed by atoms with Crippen molar-refractivity contribution in [2.75, 3.05) is 27.8 Å². The van der Waals surface area contributed by atoms with Crippen molar-refractivity contribution in [3.8, 4) is 0 Å².